The van der Waals surface area contributed by atoms with Crippen LogP contribution in [0.5, 0.6) is 0 Å². The van der Waals surface area contributed by atoms with Crippen LogP contribution in [0.3, 0.4) is 0 Å². The normalized spacial score (nSPS) is 13.4. The number of aliphatic imine (C=N–C) groups is 1. The molecule has 13 heavy (non-hydrogen) atoms. The van der Waals surface area contributed by atoms with Gasteiger partial charge in [0, 0.05) is 0 Å². The van der Waals surface area contributed by atoms with Crippen molar-refractivity contribution < 1.29 is 0 Å². The summed E-state index contributed by atoms with van der Waals surface area (Å²) in [5.41, 5.74) is 0.0162. The molecule has 0 amide bonds. The van der Waals surface area contributed by atoms with Gasteiger partial charge < -0.3 is 0 Å². The molecule has 1 rings (SSSR count). The standard InChI is InChI=1S/C10H15NS2/c1-10(2,3)11-9(12-4)8-6-5-7-13-8/h5-7H,1-4H3. The molecule has 1 heterocycles. The summed E-state index contributed by atoms with van der Waals surface area (Å²) in [6.45, 7) is 6.37. The van der Waals surface area contributed by atoms with Crippen molar-refractivity contribution in [1.29, 1.82) is 0 Å². The summed E-state index contributed by atoms with van der Waals surface area (Å²) in [6, 6.07) is 4.18. The molecule has 1 aromatic rings. The second-order valence-electron chi connectivity index (χ2n) is 3.77. The van der Waals surface area contributed by atoms with Crippen LogP contribution in [-0.4, -0.2) is 16.8 Å². The molecule has 0 bridgehead atoms. The summed E-state index contributed by atoms with van der Waals surface area (Å²) in [4.78, 5) is 5.93. The fraction of sp³-hybridized carbons (Fsp3) is 0.500. The van der Waals surface area contributed by atoms with Crippen LogP contribution in [0.4, 0.5) is 0 Å². The van der Waals surface area contributed by atoms with Gasteiger partial charge in [0.2, 0.25) is 0 Å². The van der Waals surface area contributed by atoms with Crippen molar-refractivity contribution in [3.63, 3.8) is 0 Å². The summed E-state index contributed by atoms with van der Waals surface area (Å²) in [5.74, 6) is 0. The van der Waals surface area contributed by atoms with E-state index in [1.54, 1.807) is 23.1 Å². The highest BCUT2D eigenvalue weighted by molar-refractivity contribution is 8.14. The van der Waals surface area contributed by atoms with Crippen LogP contribution in [0.25, 0.3) is 0 Å². The van der Waals surface area contributed by atoms with E-state index in [1.165, 1.54) is 4.88 Å². The van der Waals surface area contributed by atoms with Gasteiger partial charge >= 0.3 is 0 Å². The molecule has 0 unspecified atom stereocenters. The third kappa shape index (κ3) is 3.53. The summed E-state index contributed by atoms with van der Waals surface area (Å²) in [5, 5.41) is 3.23. The fourth-order valence-electron chi connectivity index (χ4n) is 0.906. The van der Waals surface area contributed by atoms with Crippen LogP contribution in [0.2, 0.25) is 0 Å². The smallest absolute Gasteiger partial charge is 0.108 e. The van der Waals surface area contributed by atoms with E-state index in [9.17, 15) is 0 Å². The Morgan fingerprint density at radius 2 is 2.15 bits per heavy atom. The molecule has 0 fully saturated rings. The van der Waals surface area contributed by atoms with E-state index in [1.807, 2.05) is 0 Å². The van der Waals surface area contributed by atoms with Crippen LogP contribution in [0, 0.1) is 0 Å². The predicted molar refractivity (Wildman–Crippen MR) is 64.1 cm³/mol. The second-order valence-corrected chi connectivity index (χ2v) is 5.51. The molecular weight excluding hydrogens is 198 g/mol. The molecule has 3 heteroatoms. The van der Waals surface area contributed by atoms with Crippen LogP contribution < -0.4 is 0 Å². The Hall–Kier alpha value is -0.280. The fourth-order valence-corrected chi connectivity index (χ4v) is 2.54. The first-order valence-corrected chi connectivity index (χ1v) is 6.31. The predicted octanol–water partition coefficient (Wildman–Crippen LogP) is 3.66. The van der Waals surface area contributed by atoms with Crippen LogP contribution in [0.1, 0.15) is 25.6 Å². The van der Waals surface area contributed by atoms with Gasteiger partial charge in [0.1, 0.15) is 5.04 Å². The third-order valence-electron chi connectivity index (χ3n) is 1.36. The van der Waals surface area contributed by atoms with E-state index < -0.39 is 0 Å². The topological polar surface area (TPSA) is 12.4 Å². The largest absolute Gasteiger partial charge is 0.271 e. The van der Waals surface area contributed by atoms with Gasteiger partial charge in [0.05, 0.1) is 10.4 Å². The first-order valence-electron chi connectivity index (χ1n) is 4.20. The summed E-state index contributed by atoms with van der Waals surface area (Å²) >= 11 is 3.46. The van der Waals surface area contributed by atoms with Crippen molar-refractivity contribution in [3.05, 3.63) is 22.4 Å². The number of nitrogens with zero attached hydrogens (tertiary/aromatic N) is 1. The molecule has 0 aliphatic carbocycles. The number of thioether (sulfide) groups is 1. The minimum Gasteiger partial charge on any atom is -0.271 e. The highest BCUT2D eigenvalue weighted by atomic mass is 32.2. The molecule has 0 saturated heterocycles. The van der Waals surface area contributed by atoms with Gasteiger partial charge in [0.15, 0.2) is 0 Å². The highest BCUT2D eigenvalue weighted by Crippen LogP contribution is 2.20. The van der Waals surface area contributed by atoms with E-state index >= 15 is 0 Å². The van der Waals surface area contributed by atoms with Crippen molar-refractivity contribution >= 4 is 28.1 Å². The van der Waals surface area contributed by atoms with E-state index in [0.29, 0.717) is 0 Å². The molecule has 0 N–H and O–H groups in total. The van der Waals surface area contributed by atoms with E-state index in [0.717, 1.165) is 5.04 Å². The Balaban J connectivity index is 2.93. The Bertz CT molecular complexity index is 280. The van der Waals surface area contributed by atoms with Gasteiger partial charge in [-0.15, -0.1) is 23.1 Å². The molecule has 1 nitrogen and oxygen atoms in total. The van der Waals surface area contributed by atoms with Crippen molar-refractivity contribution in [3.8, 4) is 0 Å². The van der Waals surface area contributed by atoms with Crippen LogP contribution in [-0.2, 0) is 0 Å². The van der Waals surface area contributed by atoms with E-state index in [2.05, 4.69) is 49.5 Å². The first kappa shape index (κ1) is 10.8. The third-order valence-corrected chi connectivity index (χ3v) is 3.07. The molecule has 72 valence electrons. The lowest BCUT2D eigenvalue weighted by Crippen LogP contribution is -2.12. The zero-order valence-corrected chi connectivity index (χ0v) is 10.1. The molecule has 0 aliphatic heterocycles. The molecular formula is C10H15NS2. The van der Waals surface area contributed by atoms with E-state index in [-0.39, 0.29) is 5.54 Å². The molecule has 0 aromatic carbocycles. The van der Waals surface area contributed by atoms with Gasteiger partial charge in [-0.2, -0.15) is 0 Å². The molecule has 1 aromatic heterocycles. The van der Waals surface area contributed by atoms with Crippen LogP contribution in [0.15, 0.2) is 22.5 Å². The molecule has 0 spiro atoms. The summed E-state index contributed by atoms with van der Waals surface area (Å²) in [6.07, 6.45) is 2.07. The minimum absolute atomic E-state index is 0.0162. The van der Waals surface area contributed by atoms with Crippen molar-refractivity contribution in [2.45, 2.75) is 26.3 Å². The van der Waals surface area contributed by atoms with Crippen molar-refractivity contribution in [1.82, 2.24) is 0 Å². The molecule has 0 aliphatic rings. The maximum atomic E-state index is 4.66. The van der Waals surface area contributed by atoms with Crippen molar-refractivity contribution in [2.24, 2.45) is 4.99 Å². The number of thiophene rings is 1. The lowest BCUT2D eigenvalue weighted by molar-refractivity contribution is 0.586. The minimum atomic E-state index is 0.0162. The molecule has 0 saturated carbocycles. The Kier molecular flexibility index (Phi) is 3.56. The zero-order chi connectivity index (χ0) is 9.90. The lowest BCUT2D eigenvalue weighted by Gasteiger charge is -2.13. The van der Waals surface area contributed by atoms with Gasteiger partial charge in [0.25, 0.3) is 0 Å². The summed E-state index contributed by atoms with van der Waals surface area (Å²) < 4.78 is 0. The average Bonchev–Trinajstić information content (AvgIpc) is 2.50. The summed E-state index contributed by atoms with van der Waals surface area (Å²) in [7, 11) is 0. The maximum absolute atomic E-state index is 4.66. The SMILES string of the molecule is CSC(=NC(C)(C)C)c1cccs1. The van der Waals surface area contributed by atoms with Gasteiger partial charge in [-0.1, -0.05) is 6.07 Å². The monoisotopic (exact) mass is 213 g/mol. The van der Waals surface area contributed by atoms with Crippen molar-refractivity contribution in [2.75, 3.05) is 6.26 Å². The Labute approximate surface area is 88.3 Å². The number of rotatable bonds is 1. The lowest BCUT2D eigenvalue weighted by atomic mass is 10.1. The molecule has 0 radical (unpaired) electrons. The van der Waals surface area contributed by atoms with Crippen LogP contribution >= 0.6 is 23.1 Å². The van der Waals surface area contributed by atoms with E-state index in [4.69, 9.17) is 0 Å². The highest BCUT2D eigenvalue weighted by Gasteiger charge is 2.11. The Morgan fingerprint density at radius 3 is 2.54 bits per heavy atom. The first-order chi connectivity index (χ1) is 6.03. The Morgan fingerprint density at radius 1 is 1.46 bits per heavy atom. The quantitative estimate of drug-likeness (QED) is 0.512. The van der Waals surface area contributed by atoms with Gasteiger partial charge in [-0.05, 0) is 38.5 Å². The average molecular weight is 213 g/mol. The van der Waals surface area contributed by atoms with Gasteiger partial charge in [-0.25, -0.2) is 0 Å². The number of hydrogen-bond acceptors (Lipinski definition) is 3. The zero-order valence-electron chi connectivity index (χ0n) is 8.50. The number of hydrogen-bond donors (Lipinski definition) is 0. The second kappa shape index (κ2) is 4.29. The van der Waals surface area contributed by atoms with Gasteiger partial charge in [-0.3, -0.25) is 4.99 Å². The maximum Gasteiger partial charge on any atom is 0.108 e. The molecule has 0 atom stereocenters.